The fourth-order valence-corrected chi connectivity index (χ4v) is 3.99. The third kappa shape index (κ3) is 5.03. The lowest BCUT2D eigenvalue weighted by Gasteiger charge is -2.13. The number of pyridine rings is 1. The maximum Gasteiger partial charge on any atom is 0.237 e. The Labute approximate surface area is 180 Å². The van der Waals surface area contributed by atoms with E-state index in [1.54, 1.807) is 11.8 Å². The first-order chi connectivity index (χ1) is 14.6. The summed E-state index contributed by atoms with van der Waals surface area (Å²) in [5.41, 5.74) is 14.6. The Kier molecular flexibility index (Phi) is 7.89. The van der Waals surface area contributed by atoms with Crippen molar-refractivity contribution in [3.05, 3.63) is 30.1 Å². The van der Waals surface area contributed by atoms with Crippen LogP contribution in [0.3, 0.4) is 0 Å². The number of para-hydroxylation sites is 1. The number of hydrogen-bond acceptors (Lipinski definition) is 7. The molecular formula is C21H30N6O2S. The van der Waals surface area contributed by atoms with Crippen LogP contribution in [0, 0.1) is 0 Å². The minimum atomic E-state index is -0.479. The number of anilines is 1. The second kappa shape index (κ2) is 10.6. The lowest BCUT2D eigenvalue weighted by Crippen LogP contribution is -2.42. The van der Waals surface area contributed by atoms with Gasteiger partial charge in [0, 0.05) is 30.8 Å². The second-order valence-electron chi connectivity index (χ2n) is 6.94. The molecule has 9 heteroatoms. The summed E-state index contributed by atoms with van der Waals surface area (Å²) in [6, 6.07) is 7.42. The zero-order valence-electron chi connectivity index (χ0n) is 17.6. The van der Waals surface area contributed by atoms with Crippen LogP contribution in [0.4, 0.5) is 5.82 Å². The Morgan fingerprint density at radius 2 is 2.10 bits per heavy atom. The van der Waals surface area contributed by atoms with E-state index in [0.717, 1.165) is 34.4 Å². The summed E-state index contributed by atoms with van der Waals surface area (Å²) < 4.78 is 7.75. The van der Waals surface area contributed by atoms with Crippen molar-refractivity contribution in [2.24, 2.45) is 5.73 Å². The minimum Gasteiger partial charge on any atom is -0.382 e. The monoisotopic (exact) mass is 430 g/mol. The number of thioether (sulfide) groups is 1. The third-order valence-corrected chi connectivity index (χ3v) is 5.82. The van der Waals surface area contributed by atoms with Gasteiger partial charge >= 0.3 is 0 Å². The summed E-state index contributed by atoms with van der Waals surface area (Å²) in [5, 5.41) is 3.93. The smallest absolute Gasteiger partial charge is 0.237 e. The molecular weight excluding hydrogens is 400 g/mol. The molecule has 30 heavy (non-hydrogen) atoms. The van der Waals surface area contributed by atoms with Gasteiger partial charge in [-0.2, -0.15) is 11.8 Å². The molecule has 8 nitrogen and oxygen atoms in total. The number of carbonyl (C=O) groups is 1. The number of aryl methyl sites for hydroxylation is 1. The third-order valence-electron chi connectivity index (χ3n) is 4.82. The van der Waals surface area contributed by atoms with E-state index >= 15 is 0 Å². The summed E-state index contributed by atoms with van der Waals surface area (Å²) in [7, 11) is 0. The molecule has 2 aromatic heterocycles. The molecule has 1 atom stereocenters. The van der Waals surface area contributed by atoms with Crippen LogP contribution < -0.4 is 16.8 Å². The average molecular weight is 431 g/mol. The molecule has 0 bridgehead atoms. The van der Waals surface area contributed by atoms with Crippen molar-refractivity contribution in [1.82, 2.24) is 19.9 Å². The molecule has 0 saturated carbocycles. The lowest BCUT2D eigenvalue weighted by atomic mass is 10.2. The Morgan fingerprint density at radius 3 is 2.87 bits per heavy atom. The molecule has 0 saturated heterocycles. The Balaban J connectivity index is 1.80. The van der Waals surface area contributed by atoms with Crippen molar-refractivity contribution < 1.29 is 9.53 Å². The van der Waals surface area contributed by atoms with Gasteiger partial charge in [-0.1, -0.05) is 25.1 Å². The number of nitrogens with one attached hydrogen (secondary N) is 1. The Morgan fingerprint density at radius 1 is 1.30 bits per heavy atom. The van der Waals surface area contributed by atoms with Crippen molar-refractivity contribution in [2.45, 2.75) is 39.5 Å². The first-order valence-corrected chi connectivity index (χ1v) is 11.4. The summed E-state index contributed by atoms with van der Waals surface area (Å²) in [5.74, 6) is 2.68. The van der Waals surface area contributed by atoms with Gasteiger partial charge < -0.3 is 26.1 Å². The van der Waals surface area contributed by atoms with Gasteiger partial charge in [0.15, 0.2) is 5.82 Å². The summed E-state index contributed by atoms with van der Waals surface area (Å²) in [6.07, 6.45) is 0.737. The summed E-state index contributed by atoms with van der Waals surface area (Å²) in [4.78, 5) is 21.3. The van der Waals surface area contributed by atoms with Crippen LogP contribution in [0.1, 0.15) is 26.1 Å². The maximum absolute atomic E-state index is 12.1. The molecule has 0 aliphatic heterocycles. The van der Waals surface area contributed by atoms with E-state index in [9.17, 15) is 4.79 Å². The number of nitrogen functional groups attached to an aromatic ring is 1. The highest BCUT2D eigenvalue weighted by atomic mass is 32.2. The maximum atomic E-state index is 12.1. The molecule has 3 aromatic rings. The van der Waals surface area contributed by atoms with E-state index in [1.165, 1.54) is 0 Å². The number of aromatic nitrogens is 3. The summed E-state index contributed by atoms with van der Waals surface area (Å²) in [6.45, 7) is 6.21. The molecule has 162 valence electrons. The van der Waals surface area contributed by atoms with Crippen LogP contribution in [0.25, 0.3) is 21.9 Å². The van der Waals surface area contributed by atoms with Crippen molar-refractivity contribution in [2.75, 3.05) is 30.4 Å². The highest BCUT2D eigenvalue weighted by molar-refractivity contribution is 7.99. The number of nitrogens with zero attached hydrogens (tertiary/aromatic N) is 3. The quantitative estimate of drug-likeness (QED) is 0.399. The molecule has 0 aliphatic carbocycles. The van der Waals surface area contributed by atoms with E-state index in [1.807, 2.05) is 31.2 Å². The van der Waals surface area contributed by atoms with Crippen LogP contribution >= 0.6 is 11.8 Å². The zero-order chi connectivity index (χ0) is 21.5. The standard InChI is InChI=1S/C21H30N6O2S/c1-3-29-12-17-26-18-19(14-8-5-6-9-16(14)25-20(18)23)27(17)11-7-10-24-21(28)15(22)13-30-4-2/h5-6,8-9,15H,3-4,7,10-13,22H2,1-2H3,(H2,23,25)(H,24,28)/t15-/m0/s1. The minimum absolute atomic E-state index is 0.111. The van der Waals surface area contributed by atoms with Gasteiger partial charge in [0.25, 0.3) is 0 Å². The molecule has 3 rings (SSSR count). The molecule has 1 aromatic carbocycles. The number of ether oxygens (including phenoxy) is 1. The molecule has 2 heterocycles. The predicted molar refractivity (Wildman–Crippen MR) is 123 cm³/mol. The van der Waals surface area contributed by atoms with Crippen LogP contribution in [-0.4, -0.2) is 51.1 Å². The van der Waals surface area contributed by atoms with Crippen LogP contribution in [0.5, 0.6) is 0 Å². The van der Waals surface area contributed by atoms with Crippen molar-refractivity contribution in [1.29, 1.82) is 0 Å². The zero-order valence-corrected chi connectivity index (χ0v) is 18.4. The number of imidazole rings is 1. The molecule has 0 fully saturated rings. The Hall–Kier alpha value is -2.36. The highest BCUT2D eigenvalue weighted by Gasteiger charge is 2.17. The first-order valence-electron chi connectivity index (χ1n) is 10.3. The largest absolute Gasteiger partial charge is 0.382 e. The molecule has 5 N–H and O–H groups in total. The van der Waals surface area contributed by atoms with Crippen molar-refractivity contribution in [3.8, 4) is 0 Å². The SMILES string of the molecule is CCOCc1nc2c(N)nc3ccccc3c2n1CCCNC(=O)[C@@H](N)CSCC. The molecule has 0 radical (unpaired) electrons. The van der Waals surface area contributed by atoms with E-state index in [2.05, 4.69) is 21.8 Å². The van der Waals surface area contributed by atoms with Crippen LogP contribution in [-0.2, 0) is 22.7 Å². The number of amides is 1. The van der Waals surface area contributed by atoms with Gasteiger partial charge in [0.2, 0.25) is 5.91 Å². The first kappa shape index (κ1) is 22.3. The lowest BCUT2D eigenvalue weighted by molar-refractivity contribution is -0.121. The number of nitrogens with two attached hydrogens (primary N) is 2. The van der Waals surface area contributed by atoms with Crippen molar-refractivity contribution in [3.63, 3.8) is 0 Å². The van der Waals surface area contributed by atoms with Gasteiger partial charge in [-0.05, 0) is 25.2 Å². The van der Waals surface area contributed by atoms with Gasteiger partial charge in [-0.15, -0.1) is 0 Å². The average Bonchev–Trinajstić information content (AvgIpc) is 3.12. The van der Waals surface area contributed by atoms with E-state index in [-0.39, 0.29) is 5.91 Å². The highest BCUT2D eigenvalue weighted by Crippen LogP contribution is 2.29. The molecule has 0 spiro atoms. The number of fused-ring (bicyclic) bond motifs is 3. The summed E-state index contributed by atoms with van der Waals surface area (Å²) >= 11 is 1.67. The number of carbonyl (C=O) groups excluding carboxylic acids is 1. The fraction of sp³-hybridized carbons (Fsp3) is 0.476. The number of rotatable bonds is 11. The van der Waals surface area contributed by atoms with Gasteiger partial charge in [-0.3, -0.25) is 4.79 Å². The molecule has 0 unspecified atom stereocenters. The molecule has 0 aliphatic rings. The second-order valence-corrected chi connectivity index (χ2v) is 8.26. The fourth-order valence-electron chi connectivity index (χ4n) is 3.35. The number of hydrogen-bond donors (Lipinski definition) is 3. The van der Waals surface area contributed by atoms with Gasteiger partial charge in [0.1, 0.15) is 17.9 Å². The van der Waals surface area contributed by atoms with Gasteiger partial charge in [0.05, 0.1) is 17.1 Å². The van der Waals surface area contributed by atoms with E-state index in [0.29, 0.717) is 43.4 Å². The van der Waals surface area contributed by atoms with E-state index < -0.39 is 6.04 Å². The predicted octanol–water partition coefficient (Wildman–Crippen LogP) is 2.29. The van der Waals surface area contributed by atoms with Crippen LogP contribution in [0.15, 0.2) is 24.3 Å². The number of benzene rings is 1. The van der Waals surface area contributed by atoms with Gasteiger partial charge in [-0.25, -0.2) is 9.97 Å². The normalized spacial score (nSPS) is 12.5. The molecule has 1 amide bonds. The van der Waals surface area contributed by atoms with Crippen LogP contribution in [0.2, 0.25) is 0 Å². The van der Waals surface area contributed by atoms with Crippen molar-refractivity contribution >= 4 is 45.4 Å². The topological polar surface area (TPSA) is 121 Å². The van der Waals surface area contributed by atoms with E-state index in [4.69, 9.17) is 21.2 Å². The Bertz CT molecular complexity index is 1010.